The van der Waals surface area contributed by atoms with Gasteiger partial charge in [-0.25, -0.2) is 9.18 Å². The highest BCUT2D eigenvalue weighted by Crippen LogP contribution is 2.41. The summed E-state index contributed by atoms with van der Waals surface area (Å²) < 4.78 is 66.4. The van der Waals surface area contributed by atoms with Crippen molar-refractivity contribution < 1.29 is 46.2 Å². The van der Waals surface area contributed by atoms with Crippen molar-refractivity contribution in [1.29, 1.82) is 0 Å². The van der Waals surface area contributed by atoms with Crippen molar-refractivity contribution in [2.45, 2.75) is 52.0 Å². The average Bonchev–Trinajstić information content (AvgIpc) is 3.31. The fraction of sp³-hybridized carbons (Fsp3) is 0.583. The van der Waals surface area contributed by atoms with Gasteiger partial charge in [0, 0.05) is 12.5 Å². The van der Waals surface area contributed by atoms with Crippen molar-refractivity contribution >= 4 is 23.6 Å². The van der Waals surface area contributed by atoms with E-state index in [0.29, 0.717) is 6.42 Å². The van der Waals surface area contributed by atoms with Crippen molar-refractivity contribution in [3.63, 3.8) is 0 Å². The van der Waals surface area contributed by atoms with Gasteiger partial charge in [-0.15, -0.1) is 0 Å². The van der Waals surface area contributed by atoms with Crippen LogP contribution in [0.3, 0.4) is 0 Å². The van der Waals surface area contributed by atoms with Crippen molar-refractivity contribution in [3.8, 4) is 0 Å². The second-order valence-electron chi connectivity index (χ2n) is 8.21. The third-order valence-corrected chi connectivity index (χ3v) is 5.98. The van der Waals surface area contributed by atoms with E-state index < -0.39 is 59.8 Å². The molecule has 0 spiro atoms. The molecule has 0 N–H and O–H groups in total. The Kier molecular flexibility index (Phi) is 9.79. The van der Waals surface area contributed by atoms with Gasteiger partial charge in [-0.1, -0.05) is 37.3 Å². The number of rotatable bonds is 10. The molecule has 0 radical (unpaired) electrons. The highest BCUT2D eigenvalue weighted by atomic mass is 19.4. The second-order valence-corrected chi connectivity index (χ2v) is 8.21. The number of hydrogen-bond donors (Lipinski definition) is 0. The number of halogens is 4. The van der Waals surface area contributed by atoms with Crippen LogP contribution in [0.1, 0.15) is 45.3 Å². The summed E-state index contributed by atoms with van der Waals surface area (Å²) in [5.74, 6) is -11.9. The topological polar surface area (TPSA) is 90.0 Å². The van der Waals surface area contributed by atoms with Crippen LogP contribution in [0.2, 0.25) is 0 Å². The molecule has 0 aliphatic carbocycles. The minimum absolute atomic E-state index is 0.0354. The summed E-state index contributed by atoms with van der Waals surface area (Å²) in [7, 11) is 0. The Morgan fingerprint density at radius 1 is 1.03 bits per heavy atom. The highest BCUT2D eigenvalue weighted by molar-refractivity contribution is 5.96. The van der Waals surface area contributed by atoms with Gasteiger partial charge < -0.3 is 14.4 Å². The smallest absolute Gasteiger partial charge is 0.450 e. The van der Waals surface area contributed by atoms with Crippen LogP contribution in [0.15, 0.2) is 30.3 Å². The normalized spacial score (nSPS) is 19.4. The van der Waals surface area contributed by atoms with E-state index in [2.05, 4.69) is 0 Å². The molecule has 0 bridgehead atoms. The van der Waals surface area contributed by atoms with Crippen LogP contribution in [-0.4, -0.2) is 60.5 Å². The summed E-state index contributed by atoms with van der Waals surface area (Å²) in [6.45, 7) is 3.78. The number of amides is 1. The molecule has 1 aromatic rings. The molecule has 0 saturated carbocycles. The second kappa shape index (κ2) is 12.1. The van der Waals surface area contributed by atoms with Gasteiger partial charge >= 0.3 is 18.1 Å². The summed E-state index contributed by atoms with van der Waals surface area (Å²) in [5.41, 5.74) is -0.143. The molecule has 1 fully saturated rings. The molecular weight excluding hydrogens is 474 g/mol. The van der Waals surface area contributed by atoms with Gasteiger partial charge in [-0.3, -0.25) is 14.4 Å². The molecule has 1 aliphatic heterocycles. The van der Waals surface area contributed by atoms with Crippen LogP contribution in [-0.2, 0) is 28.7 Å². The van der Waals surface area contributed by atoms with E-state index in [1.807, 2.05) is 0 Å². The van der Waals surface area contributed by atoms with Crippen LogP contribution >= 0.6 is 0 Å². The average molecular weight is 503 g/mol. The van der Waals surface area contributed by atoms with Crippen LogP contribution in [0.25, 0.3) is 0 Å². The molecule has 2 unspecified atom stereocenters. The molecule has 1 aromatic carbocycles. The molecule has 1 saturated heterocycles. The maximum Gasteiger partial charge on any atom is 0.450 e. The Labute approximate surface area is 200 Å². The Bertz CT molecular complexity index is 907. The summed E-state index contributed by atoms with van der Waals surface area (Å²) in [5, 5.41) is 0. The van der Waals surface area contributed by atoms with Crippen molar-refractivity contribution in [1.82, 2.24) is 4.90 Å². The van der Waals surface area contributed by atoms with E-state index in [-0.39, 0.29) is 31.7 Å². The van der Waals surface area contributed by atoms with Gasteiger partial charge in [0.1, 0.15) is 18.1 Å². The lowest BCUT2D eigenvalue weighted by molar-refractivity contribution is -0.185. The Balaban J connectivity index is 2.53. The van der Waals surface area contributed by atoms with Gasteiger partial charge in [0.05, 0.1) is 19.1 Å². The number of nitrogens with zero attached hydrogens (tertiary/aromatic N) is 1. The zero-order chi connectivity index (χ0) is 26.3. The number of carbonyl (C=O) groups excluding carboxylic acids is 4. The van der Waals surface area contributed by atoms with Gasteiger partial charge in [-0.2, -0.15) is 13.2 Å². The zero-order valence-corrected chi connectivity index (χ0v) is 19.7. The summed E-state index contributed by atoms with van der Waals surface area (Å²) in [6.07, 6.45) is -7.20. The van der Waals surface area contributed by atoms with Crippen LogP contribution < -0.4 is 0 Å². The molecular formula is C24H29F4NO6. The Hall–Kier alpha value is -2.98. The molecule has 2 rings (SSSR count). The van der Waals surface area contributed by atoms with Crippen LogP contribution in [0.4, 0.5) is 17.6 Å². The van der Waals surface area contributed by atoms with Crippen LogP contribution in [0.5, 0.6) is 0 Å². The van der Waals surface area contributed by atoms with E-state index >= 15 is 4.39 Å². The van der Waals surface area contributed by atoms with Crippen LogP contribution in [0, 0.1) is 17.8 Å². The predicted octanol–water partition coefficient (Wildman–Crippen LogP) is 3.81. The third kappa shape index (κ3) is 6.58. The van der Waals surface area contributed by atoms with Gasteiger partial charge in [0.15, 0.2) is 0 Å². The van der Waals surface area contributed by atoms with Crippen molar-refractivity contribution in [3.05, 3.63) is 35.9 Å². The number of hydrogen-bond acceptors (Lipinski definition) is 6. The number of likely N-dealkylation sites (tertiary alicyclic amines) is 1. The van der Waals surface area contributed by atoms with Gasteiger partial charge in [0.2, 0.25) is 11.7 Å². The summed E-state index contributed by atoms with van der Waals surface area (Å²) in [4.78, 5) is 51.9. The van der Waals surface area contributed by atoms with E-state index in [1.54, 1.807) is 13.0 Å². The first-order valence-electron chi connectivity index (χ1n) is 11.4. The van der Waals surface area contributed by atoms with E-state index in [9.17, 15) is 32.3 Å². The third-order valence-electron chi connectivity index (χ3n) is 5.98. The van der Waals surface area contributed by atoms with E-state index in [0.717, 1.165) is 11.8 Å². The lowest BCUT2D eigenvalue weighted by atomic mass is 9.74. The Morgan fingerprint density at radius 2 is 1.63 bits per heavy atom. The fourth-order valence-corrected chi connectivity index (χ4v) is 4.35. The molecule has 5 atom stereocenters. The molecule has 0 aromatic heterocycles. The number of esters is 2. The number of ether oxygens (including phenoxy) is 2. The van der Waals surface area contributed by atoms with E-state index in [4.69, 9.17) is 9.47 Å². The highest BCUT2D eigenvalue weighted by Gasteiger charge is 2.55. The largest absolute Gasteiger partial charge is 0.466 e. The standard InChI is InChI=1S/C24H29F4NO6/c1-4-34-22(32)16-12-9-13-29(16)21(31)14(3)17(20(30)24(26,27)28)18(23(33)35-5-2)19(25)15-10-7-6-8-11-15/h6-8,10-11,14,16-19H,4-5,9,12-13H2,1-3H3/t14-,16+,17?,18+,19?/m1/s1. The molecule has 1 heterocycles. The van der Waals surface area contributed by atoms with E-state index in [1.165, 1.54) is 31.2 Å². The maximum absolute atomic E-state index is 15.7. The minimum Gasteiger partial charge on any atom is -0.466 e. The number of Topliss-reactive ketones (excluding diaryl/α,β-unsaturated/α-hetero) is 1. The molecule has 7 nitrogen and oxygen atoms in total. The fourth-order valence-electron chi connectivity index (χ4n) is 4.35. The predicted molar refractivity (Wildman–Crippen MR) is 115 cm³/mol. The Morgan fingerprint density at radius 3 is 2.17 bits per heavy atom. The van der Waals surface area contributed by atoms with Gasteiger partial charge in [-0.05, 0) is 32.3 Å². The molecule has 35 heavy (non-hydrogen) atoms. The molecule has 11 heteroatoms. The summed E-state index contributed by atoms with van der Waals surface area (Å²) >= 11 is 0. The molecule has 1 aliphatic rings. The molecule has 1 amide bonds. The first-order valence-corrected chi connectivity index (χ1v) is 11.4. The SMILES string of the molecule is CCOC(=O)[C@H](C(F)c1ccccc1)C(C(=O)C(F)(F)F)[C@@H](C)C(=O)N1CCC[C@H]1C(=O)OCC. The first kappa shape index (κ1) is 28.3. The maximum atomic E-state index is 15.7. The lowest BCUT2D eigenvalue weighted by Crippen LogP contribution is -2.51. The summed E-state index contributed by atoms with van der Waals surface area (Å²) in [6, 6.07) is 5.87. The quantitative estimate of drug-likeness (QED) is 0.356. The molecule has 194 valence electrons. The monoisotopic (exact) mass is 503 g/mol. The first-order chi connectivity index (χ1) is 16.4. The number of alkyl halides is 4. The number of benzene rings is 1. The van der Waals surface area contributed by atoms with Gasteiger partial charge in [0.25, 0.3) is 0 Å². The minimum atomic E-state index is -5.45. The number of carbonyl (C=O) groups is 4. The number of ketones is 1. The lowest BCUT2D eigenvalue weighted by Gasteiger charge is -2.34. The zero-order valence-electron chi connectivity index (χ0n) is 19.7. The van der Waals surface area contributed by atoms with Crippen molar-refractivity contribution in [2.75, 3.05) is 19.8 Å². The van der Waals surface area contributed by atoms with Crippen molar-refractivity contribution in [2.24, 2.45) is 17.8 Å².